The van der Waals surface area contributed by atoms with Gasteiger partial charge in [-0.25, -0.2) is 0 Å². The second kappa shape index (κ2) is 4.51. The molecule has 0 heterocycles. The van der Waals surface area contributed by atoms with Gasteiger partial charge in [0.05, 0.1) is 0 Å². The van der Waals surface area contributed by atoms with Crippen molar-refractivity contribution in [1.82, 2.24) is 0 Å². The molecule has 0 nitrogen and oxygen atoms in total. The molecule has 14 heavy (non-hydrogen) atoms. The molecule has 1 aliphatic carbocycles. The lowest BCUT2D eigenvalue weighted by Gasteiger charge is -2.29. The van der Waals surface area contributed by atoms with Gasteiger partial charge in [-0.2, -0.15) is 0 Å². The highest BCUT2D eigenvalue weighted by Crippen LogP contribution is 2.35. The van der Waals surface area contributed by atoms with E-state index in [2.05, 4.69) is 40.7 Å². The average molecular weight is 194 g/mol. The molecule has 0 radical (unpaired) electrons. The van der Waals surface area contributed by atoms with Gasteiger partial charge in [0.15, 0.2) is 0 Å². The third-order valence-electron chi connectivity index (χ3n) is 3.18. The first-order valence-electron chi connectivity index (χ1n) is 6.09. The molecular formula is C14H26. The molecule has 0 aliphatic heterocycles. The van der Waals surface area contributed by atoms with Gasteiger partial charge in [-0.3, -0.25) is 0 Å². The highest BCUT2D eigenvalue weighted by molar-refractivity contribution is 5.10. The van der Waals surface area contributed by atoms with Gasteiger partial charge >= 0.3 is 0 Å². The molecule has 0 saturated heterocycles. The van der Waals surface area contributed by atoms with E-state index in [1.54, 1.807) is 5.57 Å². The van der Waals surface area contributed by atoms with Crippen LogP contribution in [-0.4, -0.2) is 0 Å². The Morgan fingerprint density at radius 1 is 1.29 bits per heavy atom. The number of hydrogen-bond donors (Lipinski definition) is 0. The number of allylic oxidation sites excluding steroid dienone is 2. The van der Waals surface area contributed by atoms with Crippen molar-refractivity contribution in [3.05, 3.63) is 11.6 Å². The van der Waals surface area contributed by atoms with Crippen molar-refractivity contribution in [2.24, 2.45) is 17.3 Å². The Labute approximate surface area is 89.8 Å². The summed E-state index contributed by atoms with van der Waals surface area (Å²) in [6, 6.07) is 0. The van der Waals surface area contributed by atoms with Crippen LogP contribution in [0.3, 0.4) is 0 Å². The van der Waals surface area contributed by atoms with Crippen LogP contribution in [0.1, 0.15) is 60.3 Å². The molecule has 0 spiro atoms. The van der Waals surface area contributed by atoms with E-state index in [-0.39, 0.29) is 0 Å². The SMILES string of the molecule is CC(C)C1CCC/C(=C\C(C)(C)C)C1. The van der Waals surface area contributed by atoms with Gasteiger partial charge in [0.2, 0.25) is 0 Å². The van der Waals surface area contributed by atoms with Gasteiger partial charge in [0.1, 0.15) is 0 Å². The molecule has 82 valence electrons. The van der Waals surface area contributed by atoms with Crippen LogP contribution in [0.5, 0.6) is 0 Å². The van der Waals surface area contributed by atoms with E-state index >= 15 is 0 Å². The van der Waals surface area contributed by atoms with Gasteiger partial charge < -0.3 is 0 Å². The van der Waals surface area contributed by atoms with Crippen molar-refractivity contribution in [3.8, 4) is 0 Å². The summed E-state index contributed by atoms with van der Waals surface area (Å²) in [6.07, 6.45) is 8.06. The first-order valence-corrected chi connectivity index (χ1v) is 6.09. The van der Waals surface area contributed by atoms with Crippen LogP contribution in [0, 0.1) is 17.3 Å². The van der Waals surface area contributed by atoms with Crippen molar-refractivity contribution in [2.45, 2.75) is 60.3 Å². The minimum Gasteiger partial charge on any atom is -0.0799 e. The molecule has 0 aromatic carbocycles. The van der Waals surface area contributed by atoms with Gasteiger partial charge in [0.25, 0.3) is 0 Å². The normalized spacial score (nSPS) is 27.3. The third-order valence-corrected chi connectivity index (χ3v) is 3.18. The summed E-state index contributed by atoms with van der Waals surface area (Å²) in [4.78, 5) is 0. The van der Waals surface area contributed by atoms with Crippen LogP contribution in [-0.2, 0) is 0 Å². The maximum atomic E-state index is 2.50. The molecule has 1 aliphatic rings. The quantitative estimate of drug-likeness (QED) is 0.526. The van der Waals surface area contributed by atoms with Gasteiger partial charge in [-0.15, -0.1) is 0 Å². The first kappa shape index (κ1) is 11.8. The van der Waals surface area contributed by atoms with Crippen molar-refractivity contribution >= 4 is 0 Å². The molecule has 0 amide bonds. The monoisotopic (exact) mass is 194 g/mol. The van der Waals surface area contributed by atoms with E-state index < -0.39 is 0 Å². The van der Waals surface area contributed by atoms with E-state index in [1.165, 1.54) is 25.7 Å². The zero-order chi connectivity index (χ0) is 10.8. The number of hydrogen-bond acceptors (Lipinski definition) is 0. The summed E-state index contributed by atoms with van der Waals surface area (Å²) in [7, 11) is 0. The Morgan fingerprint density at radius 2 is 1.93 bits per heavy atom. The smallest absolute Gasteiger partial charge is 0.0200 e. The predicted octanol–water partition coefficient (Wildman–Crippen LogP) is 4.81. The highest BCUT2D eigenvalue weighted by atomic mass is 14.3. The molecule has 1 unspecified atom stereocenters. The molecular weight excluding hydrogens is 168 g/mol. The summed E-state index contributed by atoms with van der Waals surface area (Å²) in [6.45, 7) is 11.6. The maximum absolute atomic E-state index is 2.50. The van der Waals surface area contributed by atoms with Crippen LogP contribution >= 0.6 is 0 Å². The summed E-state index contributed by atoms with van der Waals surface area (Å²) < 4.78 is 0. The van der Waals surface area contributed by atoms with Crippen molar-refractivity contribution in [2.75, 3.05) is 0 Å². The van der Waals surface area contributed by atoms with E-state index in [0.29, 0.717) is 5.41 Å². The predicted molar refractivity (Wildman–Crippen MR) is 64.3 cm³/mol. The maximum Gasteiger partial charge on any atom is -0.0200 e. The lowest BCUT2D eigenvalue weighted by molar-refractivity contribution is 0.316. The van der Waals surface area contributed by atoms with E-state index in [1.807, 2.05) is 0 Å². The average Bonchev–Trinajstić information content (AvgIpc) is 2.01. The van der Waals surface area contributed by atoms with Crippen molar-refractivity contribution in [3.63, 3.8) is 0 Å². The largest absolute Gasteiger partial charge is 0.0799 e. The second-order valence-corrected chi connectivity index (χ2v) is 6.27. The zero-order valence-electron chi connectivity index (χ0n) is 10.6. The van der Waals surface area contributed by atoms with Crippen LogP contribution in [0.2, 0.25) is 0 Å². The molecule has 0 aromatic heterocycles. The first-order chi connectivity index (χ1) is 6.38. The summed E-state index contributed by atoms with van der Waals surface area (Å²) >= 11 is 0. The Hall–Kier alpha value is -0.260. The Bertz CT molecular complexity index is 203. The molecule has 1 atom stereocenters. The zero-order valence-corrected chi connectivity index (χ0v) is 10.6. The minimum absolute atomic E-state index is 0.369. The third kappa shape index (κ3) is 3.86. The Morgan fingerprint density at radius 3 is 2.43 bits per heavy atom. The van der Waals surface area contributed by atoms with Crippen molar-refractivity contribution in [1.29, 1.82) is 0 Å². The Balaban J connectivity index is 2.60. The van der Waals surface area contributed by atoms with Gasteiger partial charge in [0, 0.05) is 0 Å². The van der Waals surface area contributed by atoms with Crippen LogP contribution < -0.4 is 0 Å². The van der Waals surface area contributed by atoms with Crippen LogP contribution in [0.25, 0.3) is 0 Å². The van der Waals surface area contributed by atoms with E-state index in [9.17, 15) is 0 Å². The van der Waals surface area contributed by atoms with E-state index in [0.717, 1.165) is 11.8 Å². The Kier molecular flexibility index (Phi) is 3.80. The van der Waals surface area contributed by atoms with Gasteiger partial charge in [-0.05, 0) is 42.9 Å². The van der Waals surface area contributed by atoms with E-state index in [4.69, 9.17) is 0 Å². The van der Waals surface area contributed by atoms with Crippen LogP contribution in [0.4, 0.5) is 0 Å². The molecule has 0 aromatic rings. The summed E-state index contributed by atoms with van der Waals surface area (Å²) in [5.74, 6) is 1.80. The minimum atomic E-state index is 0.369. The second-order valence-electron chi connectivity index (χ2n) is 6.27. The van der Waals surface area contributed by atoms with Crippen molar-refractivity contribution < 1.29 is 0 Å². The fourth-order valence-electron chi connectivity index (χ4n) is 2.44. The standard InChI is InChI=1S/C14H26/c1-11(2)13-8-6-7-12(9-13)10-14(3,4)5/h10-11,13H,6-9H2,1-5H3/b12-10+. The number of rotatable bonds is 1. The summed E-state index contributed by atoms with van der Waals surface area (Å²) in [5, 5.41) is 0. The lowest BCUT2D eigenvalue weighted by Crippen LogP contribution is -2.15. The fraction of sp³-hybridized carbons (Fsp3) is 0.857. The topological polar surface area (TPSA) is 0 Å². The molecule has 1 saturated carbocycles. The lowest BCUT2D eigenvalue weighted by atomic mass is 9.77. The summed E-state index contributed by atoms with van der Waals surface area (Å²) in [5.41, 5.74) is 2.08. The molecule has 1 rings (SSSR count). The molecule has 0 bridgehead atoms. The van der Waals surface area contributed by atoms with Crippen LogP contribution in [0.15, 0.2) is 11.6 Å². The van der Waals surface area contributed by atoms with Gasteiger partial charge in [-0.1, -0.05) is 46.3 Å². The fourth-order valence-corrected chi connectivity index (χ4v) is 2.44. The highest BCUT2D eigenvalue weighted by Gasteiger charge is 2.21. The molecule has 0 heteroatoms. The molecule has 1 fully saturated rings. The molecule has 0 N–H and O–H groups in total.